The minimum atomic E-state index is -0.497. The van der Waals surface area contributed by atoms with Gasteiger partial charge in [0, 0.05) is 0 Å². The smallest absolute Gasteiger partial charge is 0.241 e. The Morgan fingerprint density at radius 1 is 1.21 bits per heavy atom. The molecule has 2 aromatic carbocycles. The lowest BCUT2D eigenvalue weighted by Gasteiger charge is -2.16. The summed E-state index contributed by atoms with van der Waals surface area (Å²) in [7, 11) is 0. The second-order valence-corrected chi connectivity index (χ2v) is 5.66. The average molecular weight is 349 g/mol. The van der Waals surface area contributed by atoms with Crippen molar-refractivity contribution in [2.75, 3.05) is 5.32 Å². The fourth-order valence-electron chi connectivity index (χ4n) is 2.26. The van der Waals surface area contributed by atoms with E-state index < -0.39 is 6.04 Å². The van der Waals surface area contributed by atoms with Crippen LogP contribution in [0.4, 0.5) is 5.69 Å². The summed E-state index contributed by atoms with van der Waals surface area (Å²) in [6.07, 6.45) is 1.54. The third-order valence-corrected chi connectivity index (χ3v) is 3.57. The molecule has 1 unspecified atom stereocenters. The number of benzene rings is 2. The normalized spacial score (nSPS) is 11.3. The Bertz CT molecular complexity index is 647. The number of carbonyl (C=O) groups excluding carboxylic acids is 1. The van der Waals surface area contributed by atoms with E-state index in [0.717, 1.165) is 17.5 Å². The molecule has 0 bridgehead atoms. The van der Waals surface area contributed by atoms with Crippen LogP contribution in [0, 0.1) is 6.92 Å². The maximum Gasteiger partial charge on any atom is 0.241 e. The molecule has 2 aromatic rings. The Balaban J connectivity index is 0.00000288. The number of amides is 1. The molecule has 0 aliphatic rings. The number of rotatable bonds is 7. The van der Waals surface area contributed by atoms with Crippen molar-refractivity contribution in [1.29, 1.82) is 0 Å². The van der Waals surface area contributed by atoms with Gasteiger partial charge in [0.2, 0.25) is 5.91 Å². The minimum absolute atomic E-state index is 0. The van der Waals surface area contributed by atoms with E-state index in [1.165, 1.54) is 0 Å². The number of hydrogen-bond acceptors (Lipinski definition) is 3. The highest BCUT2D eigenvalue weighted by atomic mass is 35.5. The van der Waals surface area contributed by atoms with Crippen LogP contribution in [0.15, 0.2) is 48.5 Å². The second kappa shape index (κ2) is 9.96. The third kappa shape index (κ3) is 5.87. The van der Waals surface area contributed by atoms with Gasteiger partial charge in [-0.25, -0.2) is 0 Å². The Labute approximate surface area is 149 Å². The first-order valence-corrected chi connectivity index (χ1v) is 7.94. The molecule has 24 heavy (non-hydrogen) atoms. The lowest BCUT2D eigenvalue weighted by molar-refractivity contribution is -0.117. The maximum absolute atomic E-state index is 12.1. The summed E-state index contributed by atoms with van der Waals surface area (Å²) < 4.78 is 5.89. The predicted octanol–water partition coefficient (Wildman–Crippen LogP) is 4.06. The quantitative estimate of drug-likeness (QED) is 0.793. The van der Waals surface area contributed by atoms with E-state index >= 15 is 0 Å². The zero-order valence-corrected chi connectivity index (χ0v) is 14.9. The summed E-state index contributed by atoms with van der Waals surface area (Å²) in [6.45, 7) is 4.45. The molecule has 1 atom stereocenters. The van der Waals surface area contributed by atoms with Gasteiger partial charge in [-0.3, -0.25) is 4.79 Å². The Hall–Kier alpha value is -2.04. The monoisotopic (exact) mass is 348 g/mol. The molecule has 0 fully saturated rings. The molecule has 130 valence electrons. The number of hydrogen-bond donors (Lipinski definition) is 2. The standard InChI is InChI=1S/C19H24N2O2.ClH/c1-3-7-16(20)19(22)21-17-11-10-14(2)12-18(17)23-13-15-8-5-4-6-9-15;/h4-6,8-12,16H,3,7,13,20H2,1-2H3,(H,21,22);1H. The fraction of sp³-hybridized carbons (Fsp3) is 0.316. The SMILES string of the molecule is CCCC(N)C(=O)Nc1ccc(C)cc1OCc1ccccc1.Cl. The van der Waals surface area contributed by atoms with E-state index in [-0.39, 0.29) is 18.3 Å². The maximum atomic E-state index is 12.1. The molecule has 1 amide bonds. The molecule has 3 N–H and O–H groups in total. The van der Waals surface area contributed by atoms with E-state index in [1.54, 1.807) is 0 Å². The van der Waals surface area contributed by atoms with E-state index in [9.17, 15) is 4.79 Å². The Morgan fingerprint density at radius 3 is 2.58 bits per heavy atom. The molecule has 2 rings (SSSR count). The molecular weight excluding hydrogens is 324 g/mol. The van der Waals surface area contributed by atoms with E-state index in [4.69, 9.17) is 10.5 Å². The first-order chi connectivity index (χ1) is 11.1. The Kier molecular flexibility index (Phi) is 8.30. The van der Waals surface area contributed by atoms with Crippen molar-refractivity contribution in [3.63, 3.8) is 0 Å². The summed E-state index contributed by atoms with van der Waals surface area (Å²) in [5, 5.41) is 2.87. The van der Waals surface area contributed by atoms with Crippen molar-refractivity contribution < 1.29 is 9.53 Å². The molecule has 5 heteroatoms. The highest BCUT2D eigenvalue weighted by molar-refractivity contribution is 5.95. The van der Waals surface area contributed by atoms with Crippen molar-refractivity contribution in [2.24, 2.45) is 5.73 Å². The van der Waals surface area contributed by atoms with Gasteiger partial charge in [0.15, 0.2) is 0 Å². The summed E-state index contributed by atoms with van der Waals surface area (Å²) >= 11 is 0. The molecule has 4 nitrogen and oxygen atoms in total. The number of nitrogens with two attached hydrogens (primary N) is 1. The summed E-state index contributed by atoms with van der Waals surface area (Å²) in [5.41, 5.74) is 8.67. The van der Waals surface area contributed by atoms with Crippen LogP contribution in [0.2, 0.25) is 0 Å². The summed E-state index contributed by atoms with van der Waals surface area (Å²) in [4.78, 5) is 12.1. The van der Waals surface area contributed by atoms with Crippen molar-refractivity contribution in [3.05, 3.63) is 59.7 Å². The molecule has 0 heterocycles. The van der Waals surface area contributed by atoms with Gasteiger partial charge in [-0.2, -0.15) is 0 Å². The second-order valence-electron chi connectivity index (χ2n) is 5.66. The van der Waals surface area contributed by atoms with Crippen LogP contribution >= 0.6 is 12.4 Å². The van der Waals surface area contributed by atoms with Crippen molar-refractivity contribution in [3.8, 4) is 5.75 Å². The molecule has 0 aliphatic heterocycles. The number of halogens is 1. The lowest BCUT2D eigenvalue weighted by atomic mass is 10.1. The number of nitrogens with one attached hydrogen (secondary N) is 1. The van der Waals surface area contributed by atoms with Crippen LogP contribution in [0.5, 0.6) is 5.75 Å². The summed E-state index contributed by atoms with van der Waals surface area (Å²) in [6, 6.07) is 15.1. The van der Waals surface area contributed by atoms with Gasteiger partial charge in [0.05, 0.1) is 11.7 Å². The van der Waals surface area contributed by atoms with Gasteiger partial charge in [0.1, 0.15) is 12.4 Å². The average Bonchev–Trinajstić information content (AvgIpc) is 2.56. The fourth-order valence-corrected chi connectivity index (χ4v) is 2.26. The van der Waals surface area contributed by atoms with Crippen molar-refractivity contribution >= 4 is 24.0 Å². The zero-order chi connectivity index (χ0) is 16.7. The van der Waals surface area contributed by atoms with Crippen LogP contribution in [-0.4, -0.2) is 11.9 Å². The van der Waals surface area contributed by atoms with Crippen molar-refractivity contribution in [1.82, 2.24) is 0 Å². The number of carbonyl (C=O) groups is 1. The zero-order valence-electron chi connectivity index (χ0n) is 14.1. The van der Waals surface area contributed by atoms with Crippen LogP contribution in [0.1, 0.15) is 30.9 Å². The van der Waals surface area contributed by atoms with Gasteiger partial charge in [-0.05, 0) is 36.6 Å². The van der Waals surface area contributed by atoms with Gasteiger partial charge in [-0.1, -0.05) is 49.7 Å². The topological polar surface area (TPSA) is 64.4 Å². The number of aryl methyl sites for hydroxylation is 1. The molecule has 0 aromatic heterocycles. The Morgan fingerprint density at radius 2 is 1.92 bits per heavy atom. The largest absolute Gasteiger partial charge is 0.487 e. The molecule has 0 aliphatic carbocycles. The molecule has 0 radical (unpaired) electrons. The lowest BCUT2D eigenvalue weighted by Crippen LogP contribution is -2.35. The first-order valence-electron chi connectivity index (χ1n) is 7.94. The van der Waals surface area contributed by atoms with Crippen LogP contribution in [0.25, 0.3) is 0 Å². The minimum Gasteiger partial charge on any atom is -0.487 e. The highest BCUT2D eigenvalue weighted by Gasteiger charge is 2.15. The van der Waals surface area contributed by atoms with Crippen LogP contribution in [-0.2, 0) is 11.4 Å². The van der Waals surface area contributed by atoms with Crippen LogP contribution < -0.4 is 15.8 Å². The van der Waals surface area contributed by atoms with Gasteiger partial charge in [-0.15, -0.1) is 12.4 Å². The first kappa shape index (κ1) is 20.0. The van der Waals surface area contributed by atoms with Crippen molar-refractivity contribution in [2.45, 2.75) is 39.3 Å². The van der Waals surface area contributed by atoms with E-state index in [1.807, 2.05) is 62.4 Å². The molecular formula is C19H25ClN2O2. The van der Waals surface area contributed by atoms with Gasteiger partial charge >= 0.3 is 0 Å². The number of ether oxygens (including phenoxy) is 1. The van der Waals surface area contributed by atoms with E-state index in [2.05, 4.69) is 5.32 Å². The molecule has 0 saturated carbocycles. The van der Waals surface area contributed by atoms with E-state index in [0.29, 0.717) is 24.5 Å². The van der Waals surface area contributed by atoms with Crippen LogP contribution in [0.3, 0.4) is 0 Å². The predicted molar refractivity (Wildman–Crippen MR) is 101 cm³/mol. The van der Waals surface area contributed by atoms with Gasteiger partial charge in [0.25, 0.3) is 0 Å². The molecule has 0 spiro atoms. The summed E-state index contributed by atoms with van der Waals surface area (Å²) in [5.74, 6) is 0.478. The third-order valence-electron chi connectivity index (χ3n) is 3.57. The van der Waals surface area contributed by atoms with Gasteiger partial charge < -0.3 is 15.8 Å². The highest BCUT2D eigenvalue weighted by Crippen LogP contribution is 2.27. The molecule has 0 saturated heterocycles. The number of anilines is 1.